The van der Waals surface area contributed by atoms with Gasteiger partial charge in [0.2, 0.25) is 5.91 Å². The molecule has 1 amide bonds. The number of aryl methyl sites for hydroxylation is 1. The van der Waals surface area contributed by atoms with Gasteiger partial charge >= 0.3 is 0 Å². The van der Waals surface area contributed by atoms with E-state index in [4.69, 9.17) is 0 Å². The van der Waals surface area contributed by atoms with E-state index in [1.165, 1.54) is 6.07 Å². The molecule has 144 valence electrons. The number of halogens is 1. The molecule has 2 aromatic carbocycles. The maximum absolute atomic E-state index is 13.3. The molecule has 0 radical (unpaired) electrons. The molecular formula is C21H27FN4O. The summed E-state index contributed by atoms with van der Waals surface area (Å²) in [6, 6.07) is 14.8. The van der Waals surface area contributed by atoms with Crippen molar-refractivity contribution in [3.05, 3.63) is 71.0 Å². The van der Waals surface area contributed by atoms with E-state index in [9.17, 15) is 9.18 Å². The van der Waals surface area contributed by atoms with Gasteiger partial charge in [-0.1, -0.05) is 42.5 Å². The first-order chi connectivity index (χ1) is 13.1. The second-order valence-corrected chi connectivity index (χ2v) is 6.22. The average molecular weight is 370 g/mol. The van der Waals surface area contributed by atoms with Crippen LogP contribution in [0.25, 0.3) is 0 Å². The Morgan fingerprint density at radius 1 is 1.04 bits per heavy atom. The molecule has 0 spiro atoms. The van der Waals surface area contributed by atoms with Crippen molar-refractivity contribution in [2.45, 2.75) is 33.4 Å². The van der Waals surface area contributed by atoms with E-state index in [1.54, 1.807) is 19.1 Å². The number of rotatable bonds is 8. The summed E-state index contributed by atoms with van der Waals surface area (Å²) in [6.45, 7) is 5.88. The smallest absolute Gasteiger partial charge is 0.222 e. The lowest BCUT2D eigenvalue weighted by Gasteiger charge is -2.11. The third-order valence-electron chi connectivity index (χ3n) is 3.96. The number of nitrogens with zero attached hydrogens (tertiary/aromatic N) is 1. The first-order valence-electron chi connectivity index (χ1n) is 9.16. The molecule has 0 heterocycles. The highest BCUT2D eigenvalue weighted by Gasteiger charge is 2.04. The number of hydrogen-bond acceptors (Lipinski definition) is 2. The van der Waals surface area contributed by atoms with E-state index in [-0.39, 0.29) is 11.7 Å². The predicted octanol–water partition coefficient (Wildman–Crippen LogP) is 2.90. The maximum atomic E-state index is 13.3. The summed E-state index contributed by atoms with van der Waals surface area (Å²) in [4.78, 5) is 16.4. The maximum Gasteiger partial charge on any atom is 0.222 e. The monoisotopic (exact) mass is 370 g/mol. The average Bonchev–Trinajstić information content (AvgIpc) is 2.68. The van der Waals surface area contributed by atoms with Gasteiger partial charge in [-0.25, -0.2) is 9.38 Å². The molecule has 0 saturated carbocycles. The number of hydrogen-bond donors (Lipinski definition) is 3. The summed E-state index contributed by atoms with van der Waals surface area (Å²) in [5.74, 6) is 0.404. The molecule has 0 unspecified atom stereocenters. The van der Waals surface area contributed by atoms with Crippen LogP contribution in [0.2, 0.25) is 0 Å². The molecule has 5 nitrogen and oxygen atoms in total. The molecule has 2 aromatic rings. The standard InChI is InChI=1S/C21H27FN4O/c1-3-23-21(26-15-18-9-10-19(22)16(2)13-18)24-12-11-20(27)25-14-17-7-5-4-6-8-17/h4-10,13H,3,11-12,14-15H2,1-2H3,(H,25,27)(H2,23,24,26). The number of carbonyl (C=O) groups is 1. The number of nitrogens with one attached hydrogen (secondary N) is 3. The molecule has 0 bridgehead atoms. The molecule has 27 heavy (non-hydrogen) atoms. The van der Waals surface area contributed by atoms with E-state index in [2.05, 4.69) is 20.9 Å². The van der Waals surface area contributed by atoms with E-state index in [0.29, 0.717) is 44.1 Å². The fourth-order valence-corrected chi connectivity index (χ4v) is 2.50. The summed E-state index contributed by atoms with van der Waals surface area (Å²) in [6.07, 6.45) is 0.354. The lowest BCUT2D eigenvalue weighted by Crippen LogP contribution is -2.39. The molecule has 0 aromatic heterocycles. The van der Waals surface area contributed by atoms with Gasteiger partial charge in [0.05, 0.1) is 6.54 Å². The Morgan fingerprint density at radius 2 is 1.81 bits per heavy atom. The lowest BCUT2D eigenvalue weighted by atomic mass is 10.1. The predicted molar refractivity (Wildman–Crippen MR) is 107 cm³/mol. The van der Waals surface area contributed by atoms with Crippen molar-refractivity contribution in [2.75, 3.05) is 13.1 Å². The topological polar surface area (TPSA) is 65.5 Å². The summed E-state index contributed by atoms with van der Waals surface area (Å²) < 4.78 is 13.3. The quantitative estimate of drug-likeness (QED) is 0.494. The minimum Gasteiger partial charge on any atom is -0.357 e. The Hall–Kier alpha value is -2.89. The van der Waals surface area contributed by atoms with Crippen LogP contribution < -0.4 is 16.0 Å². The molecule has 0 aliphatic heterocycles. The molecule has 0 aliphatic carbocycles. The molecule has 2 rings (SSSR count). The van der Waals surface area contributed by atoms with Crippen molar-refractivity contribution in [2.24, 2.45) is 4.99 Å². The van der Waals surface area contributed by atoms with E-state index in [0.717, 1.165) is 11.1 Å². The zero-order chi connectivity index (χ0) is 19.5. The van der Waals surface area contributed by atoms with E-state index >= 15 is 0 Å². The Balaban J connectivity index is 1.77. The summed E-state index contributed by atoms with van der Waals surface area (Å²) in [7, 11) is 0. The highest BCUT2D eigenvalue weighted by molar-refractivity contribution is 5.81. The van der Waals surface area contributed by atoms with Crippen molar-refractivity contribution in [1.82, 2.24) is 16.0 Å². The van der Waals surface area contributed by atoms with Gasteiger partial charge < -0.3 is 16.0 Å². The summed E-state index contributed by atoms with van der Waals surface area (Å²) in [5, 5.41) is 9.19. The Labute approximate surface area is 160 Å². The minimum absolute atomic E-state index is 0.0173. The zero-order valence-electron chi connectivity index (χ0n) is 15.9. The number of guanidine groups is 1. The molecule has 6 heteroatoms. The van der Waals surface area contributed by atoms with Crippen LogP contribution in [0.3, 0.4) is 0 Å². The lowest BCUT2D eigenvalue weighted by molar-refractivity contribution is -0.121. The Morgan fingerprint density at radius 3 is 2.52 bits per heavy atom. The molecule has 0 fully saturated rings. The normalized spacial score (nSPS) is 11.1. The van der Waals surface area contributed by atoms with Crippen LogP contribution in [0.4, 0.5) is 4.39 Å². The van der Waals surface area contributed by atoms with E-state index in [1.807, 2.05) is 37.3 Å². The van der Waals surface area contributed by atoms with Gasteiger partial charge in [0.1, 0.15) is 5.82 Å². The van der Waals surface area contributed by atoms with Gasteiger partial charge in [0.25, 0.3) is 0 Å². The van der Waals surface area contributed by atoms with Gasteiger partial charge in [0.15, 0.2) is 5.96 Å². The van der Waals surface area contributed by atoms with Crippen molar-refractivity contribution in [3.8, 4) is 0 Å². The van der Waals surface area contributed by atoms with Gasteiger partial charge in [-0.2, -0.15) is 0 Å². The van der Waals surface area contributed by atoms with Gasteiger partial charge in [-0.15, -0.1) is 0 Å². The first-order valence-corrected chi connectivity index (χ1v) is 9.16. The summed E-state index contributed by atoms with van der Waals surface area (Å²) in [5.41, 5.74) is 2.62. The van der Waals surface area contributed by atoms with Crippen LogP contribution in [0.5, 0.6) is 0 Å². The third kappa shape index (κ3) is 7.48. The van der Waals surface area contributed by atoms with Crippen LogP contribution in [0.1, 0.15) is 30.0 Å². The van der Waals surface area contributed by atoms with Crippen molar-refractivity contribution in [3.63, 3.8) is 0 Å². The fourth-order valence-electron chi connectivity index (χ4n) is 2.50. The molecule has 0 saturated heterocycles. The Kier molecular flexibility index (Phi) is 8.29. The molecular weight excluding hydrogens is 343 g/mol. The van der Waals surface area contributed by atoms with Gasteiger partial charge in [0, 0.05) is 26.1 Å². The molecule has 3 N–H and O–H groups in total. The number of amides is 1. The SMILES string of the molecule is CCNC(=NCc1ccc(F)c(C)c1)NCCC(=O)NCc1ccccc1. The van der Waals surface area contributed by atoms with Crippen LogP contribution in [-0.4, -0.2) is 25.0 Å². The highest BCUT2D eigenvalue weighted by atomic mass is 19.1. The second kappa shape index (κ2) is 11.0. The number of carbonyl (C=O) groups excluding carboxylic acids is 1. The highest BCUT2D eigenvalue weighted by Crippen LogP contribution is 2.10. The van der Waals surface area contributed by atoms with Gasteiger partial charge in [-0.3, -0.25) is 4.79 Å². The molecule has 0 atom stereocenters. The van der Waals surface area contributed by atoms with E-state index < -0.39 is 0 Å². The van der Waals surface area contributed by atoms with Crippen LogP contribution >= 0.6 is 0 Å². The largest absolute Gasteiger partial charge is 0.357 e. The Bertz CT molecular complexity index is 762. The van der Waals surface area contributed by atoms with Gasteiger partial charge in [-0.05, 0) is 36.6 Å². The number of aliphatic imine (C=N–C) groups is 1. The second-order valence-electron chi connectivity index (χ2n) is 6.22. The fraction of sp³-hybridized carbons (Fsp3) is 0.333. The summed E-state index contributed by atoms with van der Waals surface area (Å²) >= 11 is 0. The van der Waals surface area contributed by atoms with Crippen molar-refractivity contribution >= 4 is 11.9 Å². The van der Waals surface area contributed by atoms with Crippen molar-refractivity contribution < 1.29 is 9.18 Å². The number of benzene rings is 2. The molecule has 0 aliphatic rings. The van der Waals surface area contributed by atoms with Crippen LogP contribution in [0.15, 0.2) is 53.5 Å². The van der Waals surface area contributed by atoms with Crippen molar-refractivity contribution in [1.29, 1.82) is 0 Å². The zero-order valence-corrected chi connectivity index (χ0v) is 15.9. The minimum atomic E-state index is -0.214. The third-order valence-corrected chi connectivity index (χ3v) is 3.96. The van der Waals surface area contributed by atoms with Crippen LogP contribution in [-0.2, 0) is 17.9 Å². The first kappa shape index (κ1) is 20.4. The van der Waals surface area contributed by atoms with Crippen LogP contribution in [0, 0.1) is 12.7 Å².